The number of hydrogen-bond acceptors (Lipinski definition) is 4. The molecule has 0 spiro atoms. The Balaban J connectivity index is 2.23. The van der Waals surface area contributed by atoms with Crippen molar-refractivity contribution >= 4 is 5.97 Å². The first-order chi connectivity index (χ1) is 10.8. The largest absolute Gasteiger partial charge is 0.461 e. The van der Waals surface area contributed by atoms with Gasteiger partial charge in [-0.25, -0.2) is 14.8 Å². The van der Waals surface area contributed by atoms with Gasteiger partial charge in [-0.2, -0.15) is 0 Å². The molecule has 1 heterocycles. The second-order valence-electron chi connectivity index (χ2n) is 6.64. The van der Waals surface area contributed by atoms with Crippen LogP contribution in [-0.2, 0) is 16.6 Å². The summed E-state index contributed by atoms with van der Waals surface area (Å²) in [4.78, 5) is 20.3. The first kappa shape index (κ1) is 17.1. The minimum Gasteiger partial charge on any atom is -0.461 e. The van der Waals surface area contributed by atoms with Gasteiger partial charge in [0.05, 0.1) is 12.3 Å². The van der Waals surface area contributed by atoms with Crippen molar-refractivity contribution in [1.82, 2.24) is 9.97 Å². The zero-order valence-electron chi connectivity index (χ0n) is 14.5. The van der Waals surface area contributed by atoms with Crippen LogP contribution in [0.4, 0.5) is 0 Å². The van der Waals surface area contributed by atoms with E-state index in [1.165, 1.54) is 11.9 Å². The van der Waals surface area contributed by atoms with Gasteiger partial charge in [-0.15, -0.1) is 0 Å². The van der Waals surface area contributed by atoms with E-state index >= 15 is 0 Å². The summed E-state index contributed by atoms with van der Waals surface area (Å²) in [5.41, 5.74) is 4.59. The quantitative estimate of drug-likeness (QED) is 0.805. The molecule has 122 valence electrons. The molecule has 0 bridgehead atoms. The molecule has 0 aliphatic carbocycles. The number of ether oxygens (including phenoxy) is 1. The predicted molar refractivity (Wildman–Crippen MR) is 90.7 cm³/mol. The maximum Gasteiger partial charge on any atom is 0.357 e. The van der Waals surface area contributed by atoms with Crippen molar-refractivity contribution in [3.8, 4) is 0 Å². The molecule has 4 nitrogen and oxygen atoms in total. The average Bonchev–Trinajstić information content (AvgIpc) is 2.49. The summed E-state index contributed by atoms with van der Waals surface area (Å²) in [7, 11) is 0. The van der Waals surface area contributed by atoms with Crippen molar-refractivity contribution in [2.24, 2.45) is 0 Å². The molecule has 1 aromatic carbocycles. The number of hydrogen-bond donors (Lipinski definition) is 0. The molecule has 0 unspecified atom stereocenters. The smallest absolute Gasteiger partial charge is 0.357 e. The van der Waals surface area contributed by atoms with Crippen molar-refractivity contribution in [2.45, 2.75) is 46.5 Å². The number of rotatable bonds is 4. The van der Waals surface area contributed by atoms with Crippen LogP contribution in [0.25, 0.3) is 0 Å². The summed E-state index contributed by atoms with van der Waals surface area (Å²) in [6, 6.07) is 8.54. The van der Waals surface area contributed by atoms with Crippen LogP contribution < -0.4 is 0 Å². The van der Waals surface area contributed by atoms with Crippen LogP contribution in [0.5, 0.6) is 0 Å². The molecule has 0 saturated carbocycles. The number of carbonyl (C=O) groups excluding carboxylic acids is 1. The van der Waals surface area contributed by atoms with Gasteiger partial charge in [-0.3, -0.25) is 0 Å². The van der Waals surface area contributed by atoms with E-state index < -0.39 is 5.97 Å². The van der Waals surface area contributed by atoms with Crippen LogP contribution in [0.15, 0.2) is 30.6 Å². The molecule has 4 heteroatoms. The van der Waals surface area contributed by atoms with Crippen LogP contribution >= 0.6 is 0 Å². The first-order valence-corrected chi connectivity index (χ1v) is 7.90. The lowest BCUT2D eigenvalue weighted by Gasteiger charge is -2.19. The third-order valence-electron chi connectivity index (χ3n) is 3.85. The minimum absolute atomic E-state index is 0.139. The van der Waals surface area contributed by atoms with Gasteiger partial charge in [0.2, 0.25) is 0 Å². The van der Waals surface area contributed by atoms with Gasteiger partial charge in [0, 0.05) is 12.0 Å². The van der Waals surface area contributed by atoms with E-state index in [0.29, 0.717) is 18.7 Å². The normalized spacial score (nSPS) is 11.3. The molecule has 2 aromatic rings. The summed E-state index contributed by atoms with van der Waals surface area (Å²) in [5.74, 6) is -0.392. The monoisotopic (exact) mass is 312 g/mol. The molecular weight excluding hydrogens is 288 g/mol. The Bertz CT molecular complexity index is 686. The Morgan fingerprint density at radius 2 is 1.78 bits per heavy atom. The molecule has 0 radical (unpaired) electrons. The number of nitrogens with zero attached hydrogens (tertiary/aromatic N) is 2. The zero-order chi connectivity index (χ0) is 17.0. The highest BCUT2D eigenvalue weighted by Crippen LogP contribution is 2.23. The lowest BCUT2D eigenvalue weighted by Crippen LogP contribution is -2.12. The highest BCUT2D eigenvalue weighted by molar-refractivity contribution is 5.88. The highest BCUT2D eigenvalue weighted by atomic mass is 16.5. The number of aromatic nitrogens is 2. The highest BCUT2D eigenvalue weighted by Gasteiger charge is 2.16. The molecular formula is C19H24N2O2. The van der Waals surface area contributed by atoms with E-state index in [4.69, 9.17) is 4.74 Å². The fourth-order valence-corrected chi connectivity index (χ4v) is 2.39. The maximum atomic E-state index is 11.9. The summed E-state index contributed by atoms with van der Waals surface area (Å²) in [5, 5.41) is 0. The molecule has 0 atom stereocenters. The van der Waals surface area contributed by atoms with Crippen LogP contribution in [-0.4, -0.2) is 22.5 Å². The van der Waals surface area contributed by atoms with Crippen LogP contribution in [0.1, 0.15) is 60.6 Å². The standard InChI is InChI=1S/C19H24N2O2/c1-6-23-18(22)17-13(2)16(20-12-21-17)11-14-7-9-15(10-8-14)19(3,4)5/h7-10,12H,6,11H2,1-5H3. The summed E-state index contributed by atoms with van der Waals surface area (Å²) in [6.45, 7) is 10.6. The third-order valence-corrected chi connectivity index (χ3v) is 3.85. The number of esters is 1. The number of carbonyl (C=O) groups is 1. The zero-order valence-corrected chi connectivity index (χ0v) is 14.5. The van der Waals surface area contributed by atoms with Gasteiger partial charge in [0.1, 0.15) is 6.33 Å². The molecule has 0 amide bonds. The van der Waals surface area contributed by atoms with E-state index in [0.717, 1.165) is 16.8 Å². The molecule has 0 aliphatic rings. The Morgan fingerprint density at radius 1 is 1.13 bits per heavy atom. The molecule has 0 aliphatic heterocycles. The Hall–Kier alpha value is -2.23. The lowest BCUT2D eigenvalue weighted by molar-refractivity contribution is 0.0518. The van der Waals surface area contributed by atoms with E-state index in [1.54, 1.807) is 6.92 Å². The van der Waals surface area contributed by atoms with Crippen LogP contribution in [0.2, 0.25) is 0 Å². The van der Waals surface area contributed by atoms with Gasteiger partial charge in [-0.05, 0) is 30.4 Å². The molecule has 2 rings (SSSR count). The van der Waals surface area contributed by atoms with Gasteiger partial charge in [-0.1, -0.05) is 45.0 Å². The predicted octanol–water partition coefficient (Wildman–Crippen LogP) is 3.85. The Morgan fingerprint density at radius 3 is 2.35 bits per heavy atom. The second kappa shape index (κ2) is 6.90. The van der Waals surface area contributed by atoms with Crippen LogP contribution in [0, 0.1) is 6.92 Å². The molecule has 23 heavy (non-hydrogen) atoms. The van der Waals surface area contributed by atoms with Crippen molar-refractivity contribution in [2.75, 3.05) is 6.61 Å². The molecule has 0 N–H and O–H groups in total. The first-order valence-electron chi connectivity index (χ1n) is 7.90. The number of benzene rings is 1. The van der Waals surface area contributed by atoms with Gasteiger partial charge < -0.3 is 4.74 Å². The topological polar surface area (TPSA) is 52.1 Å². The second-order valence-corrected chi connectivity index (χ2v) is 6.64. The third kappa shape index (κ3) is 4.15. The minimum atomic E-state index is -0.392. The SMILES string of the molecule is CCOC(=O)c1ncnc(Cc2ccc(C(C)(C)C)cc2)c1C. The fourth-order valence-electron chi connectivity index (χ4n) is 2.39. The maximum absolute atomic E-state index is 11.9. The van der Waals surface area contributed by atoms with Gasteiger partial charge in [0.25, 0.3) is 0 Å². The fraction of sp³-hybridized carbons (Fsp3) is 0.421. The van der Waals surface area contributed by atoms with Crippen molar-refractivity contribution in [1.29, 1.82) is 0 Å². The van der Waals surface area contributed by atoms with Crippen molar-refractivity contribution in [3.05, 3.63) is 58.7 Å². The average molecular weight is 312 g/mol. The summed E-state index contributed by atoms with van der Waals surface area (Å²) < 4.78 is 5.04. The van der Waals surface area contributed by atoms with Crippen LogP contribution in [0.3, 0.4) is 0 Å². The van der Waals surface area contributed by atoms with Crippen molar-refractivity contribution in [3.63, 3.8) is 0 Å². The lowest BCUT2D eigenvalue weighted by atomic mass is 9.86. The van der Waals surface area contributed by atoms with E-state index in [1.807, 2.05) is 6.92 Å². The van der Waals surface area contributed by atoms with E-state index in [-0.39, 0.29) is 5.41 Å². The Labute approximate surface area is 137 Å². The summed E-state index contributed by atoms with van der Waals surface area (Å²) in [6.07, 6.45) is 2.10. The van der Waals surface area contributed by atoms with Gasteiger partial charge >= 0.3 is 5.97 Å². The summed E-state index contributed by atoms with van der Waals surface area (Å²) >= 11 is 0. The molecule has 0 fully saturated rings. The molecule has 1 aromatic heterocycles. The van der Waals surface area contributed by atoms with Crippen molar-refractivity contribution < 1.29 is 9.53 Å². The Kier molecular flexibility index (Phi) is 5.14. The van der Waals surface area contributed by atoms with Gasteiger partial charge in [0.15, 0.2) is 5.69 Å². The van der Waals surface area contributed by atoms with E-state index in [2.05, 4.69) is 55.0 Å². The van der Waals surface area contributed by atoms with E-state index in [9.17, 15) is 4.79 Å². The molecule has 0 saturated heterocycles.